The van der Waals surface area contributed by atoms with Crippen molar-refractivity contribution in [3.8, 4) is 5.75 Å². The fourth-order valence-corrected chi connectivity index (χ4v) is 2.87. The number of ether oxygens (including phenoxy) is 1. The Labute approximate surface area is 120 Å². The summed E-state index contributed by atoms with van der Waals surface area (Å²) in [5.74, 6) is 1.07. The molecule has 0 amide bonds. The van der Waals surface area contributed by atoms with Crippen molar-refractivity contribution >= 4 is 0 Å². The standard InChI is InChI=1S/C18H21NO/c1-19-17(15-5-3-2-4-6-15)9-7-14-8-10-18-16(13-14)11-12-20-18/h2-6,8,10,13,17,19H,7,9,11-12H2,1H3. The van der Waals surface area contributed by atoms with Crippen LogP contribution in [0.1, 0.15) is 29.2 Å². The second-order valence-electron chi connectivity index (χ2n) is 5.33. The Kier molecular flexibility index (Phi) is 4.03. The van der Waals surface area contributed by atoms with E-state index in [4.69, 9.17) is 4.74 Å². The van der Waals surface area contributed by atoms with Crippen molar-refractivity contribution in [3.05, 3.63) is 65.2 Å². The zero-order valence-electron chi connectivity index (χ0n) is 11.9. The van der Waals surface area contributed by atoms with Crippen LogP contribution in [0.3, 0.4) is 0 Å². The molecule has 0 radical (unpaired) electrons. The van der Waals surface area contributed by atoms with E-state index in [9.17, 15) is 0 Å². The first kappa shape index (κ1) is 13.2. The highest BCUT2D eigenvalue weighted by Gasteiger charge is 2.13. The van der Waals surface area contributed by atoms with Crippen LogP contribution in [0.15, 0.2) is 48.5 Å². The van der Waals surface area contributed by atoms with Crippen LogP contribution in [-0.2, 0) is 12.8 Å². The minimum absolute atomic E-state index is 0.417. The van der Waals surface area contributed by atoms with Crippen LogP contribution in [0.5, 0.6) is 5.75 Å². The lowest BCUT2D eigenvalue weighted by atomic mass is 9.98. The third kappa shape index (κ3) is 2.86. The second kappa shape index (κ2) is 6.10. The van der Waals surface area contributed by atoms with E-state index in [2.05, 4.69) is 53.8 Å². The van der Waals surface area contributed by atoms with Gasteiger partial charge < -0.3 is 10.1 Å². The van der Waals surface area contributed by atoms with Gasteiger partial charge in [-0.3, -0.25) is 0 Å². The summed E-state index contributed by atoms with van der Waals surface area (Å²) < 4.78 is 5.56. The molecule has 1 aliphatic rings. The normalized spacial score (nSPS) is 14.7. The first-order valence-corrected chi connectivity index (χ1v) is 7.33. The predicted molar refractivity (Wildman–Crippen MR) is 82.2 cm³/mol. The third-order valence-electron chi connectivity index (χ3n) is 4.03. The van der Waals surface area contributed by atoms with Gasteiger partial charge in [-0.1, -0.05) is 42.5 Å². The van der Waals surface area contributed by atoms with Gasteiger partial charge in [0, 0.05) is 12.5 Å². The molecule has 2 heteroatoms. The van der Waals surface area contributed by atoms with Gasteiger partial charge in [0.2, 0.25) is 0 Å². The maximum absolute atomic E-state index is 5.56. The van der Waals surface area contributed by atoms with Crippen molar-refractivity contribution in [3.63, 3.8) is 0 Å². The van der Waals surface area contributed by atoms with Crippen LogP contribution >= 0.6 is 0 Å². The van der Waals surface area contributed by atoms with Gasteiger partial charge in [0.15, 0.2) is 0 Å². The van der Waals surface area contributed by atoms with Crippen molar-refractivity contribution in [2.45, 2.75) is 25.3 Å². The molecular weight excluding hydrogens is 246 g/mol. The molecule has 0 saturated carbocycles. The van der Waals surface area contributed by atoms with Gasteiger partial charge in [-0.2, -0.15) is 0 Å². The smallest absolute Gasteiger partial charge is 0.122 e. The molecule has 0 bridgehead atoms. The summed E-state index contributed by atoms with van der Waals surface area (Å²) in [6, 6.07) is 17.7. The van der Waals surface area contributed by atoms with E-state index in [0.717, 1.165) is 31.6 Å². The zero-order chi connectivity index (χ0) is 13.8. The van der Waals surface area contributed by atoms with Crippen LogP contribution in [0.25, 0.3) is 0 Å². The summed E-state index contributed by atoms with van der Waals surface area (Å²) in [4.78, 5) is 0. The number of benzene rings is 2. The molecule has 0 aromatic heterocycles. The summed E-state index contributed by atoms with van der Waals surface area (Å²) in [7, 11) is 2.04. The van der Waals surface area contributed by atoms with Gasteiger partial charge in [-0.05, 0) is 42.6 Å². The first-order valence-electron chi connectivity index (χ1n) is 7.33. The van der Waals surface area contributed by atoms with Gasteiger partial charge in [0.25, 0.3) is 0 Å². The van der Waals surface area contributed by atoms with E-state index in [-0.39, 0.29) is 0 Å². The molecule has 2 nitrogen and oxygen atoms in total. The van der Waals surface area contributed by atoms with Crippen molar-refractivity contribution in [1.82, 2.24) is 5.32 Å². The van der Waals surface area contributed by atoms with Crippen LogP contribution in [0.2, 0.25) is 0 Å². The van der Waals surface area contributed by atoms with Crippen molar-refractivity contribution in [2.24, 2.45) is 0 Å². The van der Waals surface area contributed by atoms with Gasteiger partial charge in [-0.15, -0.1) is 0 Å². The molecule has 1 unspecified atom stereocenters. The zero-order valence-corrected chi connectivity index (χ0v) is 11.9. The number of fused-ring (bicyclic) bond motifs is 1. The molecule has 104 valence electrons. The lowest BCUT2D eigenvalue weighted by Gasteiger charge is -2.16. The van der Waals surface area contributed by atoms with Crippen LogP contribution in [0, 0.1) is 0 Å². The van der Waals surface area contributed by atoms with Crippen molar-refractivity contribution in [2.75, 3.05) is 13.7 Å². The Hall–Kier alpha value is -1.80. The maximum Gasteiger partial charge on any atom is 0.122 e. The Morgan fingerprint density at radius 1 is 1.15 bits per heavy atom. The molecule has 0 fully saturated rings. The average molecular weight is 267 g/mol. The van der Waals surface area contributed by atoms with Gasteiger partial charge in [0.05, 0.1) is 6.61 Å². The number of aryl methyl sites for hydroxylation is 1. The molecule has 1 heterocycles. The van der Waals surface area contributed by atoms with Gasteiger partial charge >= 0.3 is 0 Å². The van der Waals surface area contributed by atoms with Crippen LogP contribution in [0.4, 0.5) is 0 Å². The highest BCUT2D eigenvalue weighted by Crippen LogP contribution is 2.27. The minimum atomic E-state index is 0.417. The lowest BCUT2D eigenvalue weighted by molar-refractivity contribution is 0.357. The molecule has 20 heavy (non-hydrogen) atoms. The fourth-order valence-electron chi connectivity index (χ4n) is 2.87. The number of nitrogens with one attached hydrogen (secondary N) is 1. The Balaban J connectivity index is 1.66. The lowest BCUT2D eigenvalue weighted by Crippen LogP contribution is -2.17. The number of hydrogen-bond donors (Lipinski definition) is 1. The van der Waals surface area contributed by atoms with Crippen LogP contribution < -0.4 is 10.1 Å². The summed E-state index contributed by atoms with van der Waals surface area (Å²) in [5, 5.41) is 3.42. The monoisotopic (exact) mass is 267 g/mol. The van der Waals surface area contributed by atoms with E-state index < -0.39 is 0 Å². The topological polar surface area (TPSA) is 21.3 Å². The molecule has 0 saturated heterocycles. The third-order valence-corrected chi connectivity index (χ3v) is 4.03. The molecular formula is C18H21NO. The highest BCUT2D eigenvalue weighted by atomic mass is 16.5. The summed E-state index contributed by atoms with van der Waals surface area (Å²) in [5.41, 5.74) is 4.13. The van der Waals surface area contributed by atoms with E-state index in [0.29, 0.717) is 6.04 Å². The Bertz CT molecular complexity index is 565. The quantitative estimate of drug-likeness (QED) is 0.895. The molecule has 0 spiro atoms. The summed E-state index contributed by atoms with van der Waals surface area (Å²) >= 11 is 0. The predicted octanol–water partition coefficient (Wildman–Crippen LogP) is 3.51. The van der Waals surface area contributed by atoms with Crippen molar-refractivity contribution in [1.29, 1.82) is 0 Å². The van der Waals surface area contributed by atoms with Gasteiger partial charge in [0.1, 0.15) is 5.75 Å². The highest BCUT2D eigenvalue weighted by molar-refractivity contribution is 5.39. The molecule has 2 aromatic carbocycles. The SMILES string of the molecule is CNC(CCc1ccc2c(c1)CCO2)c1ccccc1. The fraction of sp³-hybridized carbons (Fsp3) is 0.333. The van der Waals surface area contributed by atoms with E-state index in [1.165, 1.54) is 16.7 Å². The molecule has 1 N–H and O–H groups in total. The molecule has 0 aliphatic carbocycles. The minimum Gasteiger partial charge on any atom is -0.493 e. The molecule has 3 rings (SSSR count). The van der Waals surface area contributed by atoms with E-state index in [1.54, 1.807) is 0 Å². The molecule has 1 atom stereocenters. The Morgan fingerprint density at radius 3 is 2.80 bits per heavy atom. The summed E-state index contributed by atoms with van der Waals surface area (Å²) in [6.45, 7) is 0.835. The van der Waals surface area contributed by atoms with E-state index >= 15 is 0 Å². The van der Waals surface area contributed by atoms with Gasteiger partial charge in [-0.25, -0.2) is 0 Å². The van der Waals surface area contributed by atoms with Crippen molar-refractivity contribution < 1.29 is 4.74 Å². The average Bonchev–Trinajstić information content (AvgIpc) is 2.96. The van der Waals surface area contributed by atoms with Crippen LogP contribution in [-0.4, -0.2) is 13.7 Å². The Morgan fingerprint density at radius 2 is 2.00 bits per heavy atom. The summed E-state index contributed by atoms with van der Waals surface area (Å²) in [6.07, 6.45) is 3.26. The first-order chi connectivity index (χ1) is 9.86. The maximum atomic E-state index is 5.56. The van der Waals surface area contributed by atoms with E-state index in [1.807, 2.05) is 7.05 Å². The number of rotatable bonds is 5. The second-order valence-corrected chi connectivity index (χ2v) is 5.33. The number of hydrogen-bond acceptors (Lipinski definition) is 2. The molecule has 2 aromatic rings. The largest absolute Gasteiger partial charge is 0.493 e. The molecule has 1 aliphatic heterocycles.